The van der Waals surface area contributed by atoms with Crippen LogP contribution in [-0.2, 0) is 4.79 Å². The van der Waals surface area contributed by atoms with E-state index in [4.69, 9.17) is 21.9 Å². The Balaban J connectivity index is 1.61. The van der Waals surface area contributed by atoms with Crippen LogP contribution in [0.25, 0.3) is 0 Å². The van der Waals surface area contributed by atoms with Crippen molar-refractivity contribution < 1.29 is 9.53 Å². The Bertz CT molecular complexity index is 1150. The van der Waals surface area contributed by atoms with E-state index in [0.717, 1.165) is 34.0 Å². The highest BCUT2D eigenvalue weighted by Gasteiger charge is 2.30. The number of carbonyl (C=O) groups is 1. The Kier molecular flexibility index (Phi) is 6.47. The third kappa shape index (κ3) is 4.63. The first-order valence-electron chi connectivity index (χ1n) is 10.4. The number of benzodiazepines with no additional fused rings is 1. The number of rotatable bonds is 5. The number of carbonyl (C=O) groups excluding carboxylic acids is 1. The van der Waals surface area contributed by atoms with Crippen molar-refractivity contribution in [1.29, 1.82) is 0 Å². The molecule has 32 heavy (non-hydrogen) atoms. The van der Waals surface area contributed by atoms with Crippen LogP contribution < -0.4 is 20.3 Å². The molecule has 1 unspecified atom stereocenters. The largest absolute Gasteiger partial charge is 0.494 e. The van der Waals surface area contributed by atoms with E-state index in [-0.39, 0.29) is 5.91 Å². The number of para-hydroxylation sites is 1. The monoisotopic (exact) mass is 444 g/mol. The van der Waals surface area contributed by atoms with Crippen molar-refractivity contribution >= 4 is 40.3 Å². The summed E-state index contributed by atoms with van der Waals surface area (Å²) in [6.07, 6.45) is -0.870. The fourth-order valence-corrected chi connectivity index (χ4v) is 3.76. The Morgan fingerprint density at radius 2 is 1.72 bits per heavy atom. The molecule has 0 aliphatic carbocycles. The maximum atomic E-state index is 13.2. The number of nitrogens with one attached hydrogen (secondary N) is 2. The zero-order valence-corrected chi connectivity index (χ0v) is 18.7. The Labute approximate surface area is 192 Å². The van der Waals surface area contributed by atoms with Gasteiger partial charge in [0.05, 0.1) is 18.0 Å². The lowest BCUT2D eigenvalue weighted by Crippen LogP contribution is -2.47. The number of likely N-dealkylation sites (N-methyl/N-ethyl adjacent to an activating group) is 1. The first-order chi connectivity index (χ1) is 15.6. The van der Waals surface area contributed by atoms with E-state index in [2.05, 4.69) is 10.6 Å². The molecule has 162 valence electrons. The molecule has 7 heteroatoms. The topological polar surface area (TPSA) is 66.0 Å². The number of fused-ring (bicyclic) bond motifs is 1. The maximum absolute atomic E-state index is 13.2. The molecule has 2 N–H and O–H groups in total. The van der Waals surface area contributed by atoms with Crippen LogP contribution in [-0.4, -0.2) is 36.6 Å². The van der Waals surface area contributed by atoms with Crippen molar-refractivity contribution in [3.05, 3.63) is 90.0 Å². The minimum atomic E-state index is -0.870. The lowest BCUT2D eigenvalue weighted by Gasteiger charge is -2.22. The summed E-state index contributed by atoms with van der Waals surface area (Å²) in [6.45, 7) is 2.54. The average Bonchev–Trinajstić information content (AvgIpc) is 2.92. The molecule has 1 heterocycles. The predicted octanol–water partition coefficient (Wildman–Crippen LogP) is 4.21. The molecule has 1 aliphatic heterocycles. The molecule has 0 bridgehead atoms. The second-order valence-corrected chi connectivity index (χ2v) is 7.62. The van der Waals surface area contributed by atoms with E-state index < -0.39 is 6.17 Å². The van der Waals surface area contributed by atoms with Crippen LogP contribution in [0.1, 0.15) is 18.1 Å². The summed E-state index contributed by atoms with van der Waals surface area (Å²) in [5.41, 5.74) is 4.15. The van der Waals surface area contributed by atoms with Gasteiger partial charge in [-0.3, -0.25) is 4.79 Å². The van der Waals surface area contributed by atoms with Gasteiger partial charge in [-0.15, -0.1) is 0 Å². The summed E-state index contributed by atoms with van der Waals surface area (Å²) in [7, 11) is 1.75. The zero-order chi connectivity index (χ0) is 22.5. The number of benzene rings is 3. The van der Waals surface area contributed by atoms with Gasteiger partial charge >= 0.3 is 0 Å². The highest BCUT2D eigenvalue weighted by Crippen LogP contribution is 2.27. The first-order valence-corrected chi connectivity index (χ1v) is 10.8. The van der Waals surface area contributed by atoms with Crippen molar-refractivity contribution in [2.24, 2.45) is 4.99 Å². The SMILES string of the molecule is CCOc1ccc(NC(=S)NC2N=C(c3ccccc3)c3ccccc3N(C)C2=O)cc1. The average molecular weight is 445 g/mol. The molecule has 0 fully saturated rings. The molecule has 1 amide bonds. The van der Waals surface area contributed by atoms with Crippen molar-refractivity contribution in [3.8, 4) is 5.75 Å². The highest BCUT2D eigenvalue weighted by atomic mass is 32.1. The molecule has 0 saturated heterocycles. The van der Waals surface area contributed by atoms with Crippen LogP contribution in [0.5, 0.6) is 5.75 Å². The summed E-state index contributed by atoms with van der Waals surface area (Å²) in [5.74, 6) is 0.589. The smallest absolute Gasteiger partial charge is 0.272 e. The number of anilines is 2. The second-order valence-electron chi connectivity index (χ2n) is 7.22. The number of amides is 1. The van der Waals surface area contributed by atoms with Gasteiger partial charge in [-0.2, -0.15) is 0 Å². The van der Waals surface area contributed by atoms with E-state index in [1.807, 2.05) is 85.8 Å². The molecule has 0 spiro atoms. The van der Waals surface area contributed by atoms with E-state index in [9.17, 15) is 4.79 Å². The molecule has 3 aromatic carbocycles. The van der Waals surface area contributed by atoms with Crippen LogP contribution in [0, 0.1) is 0 Å². The number of thiocarbonyl (C=S) groups is 1. The Morgan fingerprint density at radius 1 is 1.03 bits per heavy atom. The Hall–Kier alpha value is -3.71. The van der Waals surface area contributed by atoms with Crippen LogP contribution in [0.2, 0.25) is 0 Å². The van der Waals surface area contributed by atoms with Crippen LogP contribution >= 0.6 is 12.2 Å². The quantitative estimate of drug-likeness (QED) is 0.577. The first kappa shape index (κ1) is 21.5. The van der Waals surface area contributed by atoms with E-state index in [1.165, 1.54) is 0 Å². The van der Waals surface area contributed by atoms with E-state index in [0.29, 0.717) is 11.7 Å². The van der Waals surface area contributed by atoms with Gasteiger partial charge in [-0.1, -0.05) is 48.5 Å². The van der Waals surface area contributed by atoms with Crippen LogP contribution in [0.3, 0.4) is 0 Å². The fraction of sp³-hybridized carbons (Fsp3) is 0.160. The van der Waals surface area contributed by atoms with E-state index in [1.54, 1.807) is 11.9 Å². The molecule has 4 rings (SSSR count). The molecule has 3 aromatic rings. The summed E-state index contributed by atoms with van der Waals surface area (Å²) in [6, 6.07) is 25.1. The van der Waals surface area contributed by atoms with Crippen molar-refractivity contribution in [1.82, 2.24) is 5.32 Å². The second kappa shape index (κ2) is 9.62. The van der Waals surface area contributed by atoms with Crippen molar-refractivity contribution in [3.63, 3.8) is 0 Å². The summed E-state index contributed by atoms with van der Waals surface area (Å²) < 4.78 is 5.47. The van der Waals surface area contributed by atoms with Crippen molar-refractivity contribution in [2.45, 2.75) is 13.1 Å². The number of hydrogen-bond acceptors (Lipinski definition) is 4. The number of nitrogens with zero attached hydrogens (tertiary/aromatic N) is 2. The molecule has 1 aliphatic rings. The molecule has 0 aromatic heterocycles. The summed E-state index contributed by atoms with van der Waals surface area (Å²) in [5, 5.41) is 6.50. The van der Waals surface area contributed by atoms with Crippen LogP contribution in [0.15, 0.2) is 83.9 Å². The van der Waals surface area contributed by atoms with Gasteiger partial charge in [0.1, 0.15) is 5.75 Å². The normalized spacial score (nSPS) is 15.3. The predicted molar refractivity (Wildman–Crippen MR) is 133 cm³/mol. The third-order valence-electron chi connectivity index (χ3n) is 5.08. The third-order valence-corrected chi connectivity index (χ3v) is 5.30. The van der Waals surface area contributed by atoms with E-state index >= 15 is 0 Å². The molecule has 0 radical (unpaired) electrons. The molecular formula is C25H24N4O2S. The maximum Gasteiger partial charge on any atom is 0.272 e. The Morgan fingerprint density at radius 3 is 2.44 bits per heavy atom. The fourth-order valence-electron chi connectivity index (χ4n) is 3.53. The molecule has 1 atom stereocenters. The highest BCUT2D eigenvalue weighted by molar-refractivity contribution is 7.80. The van der Waals surface area contributed by atoms with Gasteiger partial charge in [-0.25, -0.2) is 4.99 Å². The van der Waals surface area contributed by atoms with Gasteiger partial charge < -0.3 is 20.3 Å². The van der Waals surface area contributed by atoms with Gasteiger partial charge in [0.15, 0.2) is 5.11 Å². The van der Waals surface area contributed by atoms with Gasteiger partial charge in [0.25, 0.3) is 5.91 Å². The van der Waals surface area contributed by atoms with Crippen LogP contribution in [0.4, 0.5) is 11.4 Å². The summed E-state index contributed by atoms with van der Waals surface area (Å²) >= 11 is 5.49. The summed E-state index contributed by atoms with van der Waals surface area (Å²) in [4.78, 5) is 19.7. The molecular weight excluding hydrogens is 420 g/mol. The van der Waals surface area contributed by atoms with Gasteiger partial charge in [0.2, 0.25) is 6.17 Å². The lowest BCUT2D eigenvalue weighted by atomic mass is 10.0. The number of ether oxygens (including phenoxy) is 1. The molecule has 6 nitrogen and oxygen atoms in total. The van der Waals surface area contributed by atoms with Crippen molar-refractivity contribution in [2.75, 3.05) is 23.9 Å². The van der Waals surface area contributed by atoms with Gasteiger partial charge in [0, 0.05) is 23.9 Å². The molecule has 0 saturated carbocycles. The standard InChI is InChI=1S/C25H24N4O2S/c1-3-31-19-15-13-18(14-16-19)26-25(32)28-23-24(30)29(2)21-12-8-7-11-20(21)22(27-23)17-9-5-4-6-10-17/h4-16,23H,3H2,1-2H3,(H2,26,28,32). The zero-order valence-electron chi connectivity index (χ0n) is 17.9. The minimum absolute atomic E-state index is 0.195. The lowest BCUT2D eigenvalue weighted by molar-refractivity contribution is -0.119. The van der Waals surface area contributed by atoms with Gasteiger partial charge in [-0.05, 0) is 49.5 Å². The minimum Gasteiger partial charge on any atom is -0.494 e. The number of hydrogen-bond donors (Lipinski definition) is 2. The number of aliphatic imine (C=N–C) groups is 1.